The number of para-hydroxylation sites is 1. The largest absolute Gasteiger partial charge is 0.340 e. The van der Waals surface area contributed by atoms with Gasteiger partial charge < -0.3 is 5.32 Å². The zero-order valence-corrected chi connectivity index (χ0v) is 15.4. The molecular weight excluding hydrogens is 360 g/mol. The predicted molar refractivity (Wildman–Crippen MR) is 110 cm³/mol. The zero-order chi connectivity index (χ0) is 17.9. The van der Waals surface area contributed by atoms with E-state index in [1.54, 1.807) is 25.4 Å². The molecule has 27 heavy (non-hydrogen) atoms. The van der Waals surface area contributed by atoms with E-state index in [1.165, 1.54) is 0 Å². The summed E-state index contributed by atoms with van der Waals surface area (Å²) in [6.45, 7) is 1.56. The number of hydrogen-bond donors (Lipinski definition) is 1. The van der Waals surface area contributed by atoms with Gasteiger partial charge in [-0.25, -0.2) is 9.97 Å². The molecule has 0 fully saturated rings. The fourth-order valence-electron chi connectivity index (χ4n) is 2.75. The summed E-state index contributed by atoms with van der Waals surface area (Å²) in [7, 11) is 0. The Balaban J connectivity index is 0.00000210. The first kappa shape index (κ1) is 18.5. The molecule has 2 aromatic heterocycles. The molecule has 2 aromatic carbocycles. The maximum Gasteiger partial charge on any atom is 0.163 e. The van der Waals surface area contributed by atoms with Gasteiger partial charge in [-0.15, -0.1) is 12.4 Å². The number of nitrogens with one attached hydrogen (secondary N) is 1. The molecule has 0 saturated heterocycles. The molecule has 5 nitrogen and oxygen atoms in total. The highest BCUT2D eigenvalue weighted by Crippen LogP contribution is 2.27. The van der Waals surface area contributed by atoms with Gasteiger partial charge in [0.05, 0.1) is 5.52 Å². The molecule has 4 rings (SSSR count). The third kappa shape index (κ3) is 3.93. The first-order valence-corrected chi connectivity index (χ1v) is 8.26. The smallest absolute Gasteiger partial charge is 0.163 e. The Labute approximate surface area is 162 Å². The fraction of sp³-hybridized carbons (Fsp3) is 0.0476. The van der Waals surface area contributed by atoms with E-state index >= 15 is 0 Å². The van der Waals surface area contributed by atoms with Gasteiger partial charge >= 0.3 is 0 Å². The first-order chi connectivity index (χ1) is 12.7. The van der Waals surface area contributed by atoms with Gasteiger partial charge in [-0.2, -0.15) is 0 Å². The lowest BCUT2D eigenvalue weighted by Gasteiger charge is -2.11. The lowest BCUT2D eigenvalue weighted by atomic mass is 10.1. The average molecular weight is 377 g/mol. The zero-order valence-electron chi connectivity index (χ0n) is 14.6. The molecule has 0 amide bonds. The van der Waals surface area contributed by atoms with Crippen LogP contribution in [0.3, 0.4) is 0 Å². The molecule has 4 aromatic rings. The van der Waals surface area contributed by atoms with Gasteiger partial charge in [0.25, 0.3) is 0 Å². The third-order valence-corrected chi connectivity index (χ3v) is 4.05. The number of hydrogen-bond acceptors (Lipinski definition) is 5. The lowest BCUT2D eigenvalue weighted by Crippen LogP contribution is -2.00. The van der Waals surface area contributed by atoms with Crippen molar-refractivity contribution in [3.8, 4) is 11.4 Å². The summed E-state index contributed by atoms with van der Waals surface area (Å²) in [5.74, 6) is 1.31. The summed E-state index contributed by atoms with van der Waals surface area (Å²) >= 11 is 0. The second-order valence-electron chi connectivity index (χ2n) is 5.92. The SMILES string of the molecule is CC(=O)c1cccc(Nc2nc(-c3cccnc3)nc3ccccc23)c1.Cl. The van der Waals surface area contributed by atoms with Gasteiger partial charge in [0, 0.05) is 34.6 Å². The van der Waals surface area contributed by atoms with Crippen molar-refractivity contribution in [1.29, 1.82) is 0 Å². The van der Waals surface area contributed by atoms with E-state index < -0.39 is 0 Å². The Bertz CT molecular complexity index is 1100. The fourth-order valence-corrected chi connectivity index (χ4v) is 2.75. The van der Waals surface area contributed by atoms with Gasteiger partial charge in [0.2, 0.25) is 0 Å². The second kappa shape index (κ2) is 7.93. The Morgan fingerprint density at radius 2 is 1.81 bits per heavy atom. The van der Waals surface area contributed by atoms with E-state index in [9.17, 15) is 4.79 Å². The van der Waals surface area contributed by atoms with Gasteiger partial charge in [0.15, 0.2) is 11.6 Å². The number of Topliss-reactive ketones (excluding diaryl/α,β-unsaturated/α-hetero) is 1. The Kier molecular flexibility index (Phi) is 5.43. The number of benzene rings is 2. The van der Waals surface area contributed by atoms with Crippen molar-refractivity contribution in [2.24, 2.45) is 0 Å². The van der Waals surface area contributed by atoms with Crippen molar-refractivity contribution >= 4 is 40.6 Å². The van der Waals surface area contributed by atoms with Crippen LogP contribution in [0.15, 0.2) is 73.1 Å². The van der Waals surface area contributed by atoms with Crippen LogP contribution in [0, 0.1) is 0 Å². The minimum absolute atomic E-state index is 0. The van der Waals surface area contributed by atoms with Gasteiger partial charge in [-0.3, -0.25) is 9.78 Å². The van der Waals surface area contributed by atoms with Crippen molar-refractivity contribution in [2.45, 2.75) is 6.92 Å². The molecule has 0 spiro atoms. The van der Waals surface area contributed by atoms with Gasteiger partial charge in [-0.1, -0.05) is 24.3 Å². The number of rotatable bonds is 4. The van der Waals surface area contributed by atoms with E-state index in [-0.39, 0.29) is 18.2 Å². The molecule has 0 radical (unpaired) electrons. The number of fused-ring (bicyclic) bond motifs is 1. The molecule has 0 aliphatic heterocycles. The van der Waals surface area contributed by atoms with Crippen LogP contribution in [-0.4, -0.2) is 20.7 Å². The Morgan fingerprint density at radius 1 is 0.963 bits per heavy atom. The molecule has 0 aliphatic carbocycles. The topological polar surface area (TPSA) is 67.8 Å². The van der Waals surface area contributed by atoms with Crippen molar-refractivity contribution in [1.82, 2.24) is 15.0 Å². The van der Waals surface area contributed by atoms with Crippen LogP contribution in [0.2, 0.25) is 0 Å². The highest BCUT2D eigenvalue weighted by Gasteiger charge is 2.10. The van der Waals surface area contributed by atoms with E-state index in [0.29, 0.717) is 17.2 Å². The molecule has 1 N–H and O–H groups in total. The maximum absolute atomic E-state index is 11.6. The van der Waals surface area contributed by atoms with Crippen molar-refractivity contribution in [3.63, 3.8) is 0 Å². The van der Waals surface area contributed by atoms with Crippen LogP contribution in [-0.2, 0) is 0 Å². The summed E-state index contributed by atoms with van der Waals surface area (Å²) in [6.07, 6.45) is 3.46. The predicted octanol–water partition coefficient (Wildman–Crippen LogP) is 5.06. The quantitative estimate of drug-likeness (QED) is 0.504. The number of nitrogens with zero attached hydrogens (tertiary/aromatic N) is 3. The standard InChI is InChI=1S/C21H16N4O.ClH/c1-14(26)15-6-4-8-17(12-15)23-21-18-9-2-3-10-19(18)24-20(25-21)16-7-5-11-22-13-16;/h2-13H,1H3,(H,23,24,25);1H. The molecule has 0 saturated carbocycles. The maximum atomic E-state index is 11.6. The minimum atomic E-state index is 0. The number of ketones is 1. The molecule has 0 unspecified atom stereocenters. The summed E-state index contributed by atoms with van der Waals surface area (Å²) in [6, 6.07) is 19.0. The monoisotopic (exact) mass is 376 g/mol. The molecule has 134 valence electrons. The molecule has 2 heterocycles. The van der Waals surface area contributed by atoms with Crippen LogP contribution in [0.4, 0.5) is 11.5 Å². The average Bonchev–Trinajstić information content (AvgIpc) is 2.69. The second-order valence-corrected chi connectivity index (χ2v) is 5.92. The Hall–Kier alpha value is -3.31. The van der Waals surface area contributed by atoms with Crippen LogP contribution >= 0.6 is 12.4 Å². The summed E-state index contributed by atoms with van der Waals surface area (Å²) in [4.78, 5) is 25.1. The van der Waals surface area contributed by atoms with Crippen molar-refractivity contribution in [2.75, 3.05) is 5.32 Å². The van der Waals surface area contributed by atoms with Crippen molar-refractivity contribution < 1.29 is 4.79 Å². The number of aromatic nitrogens is 3. The first-order valence-electron chi connectivity index (χ1n) is 8.26. The van der Waals surface area contributed by atoms with Crippen LogP contribution in [0.5, 0.6) is 0 Å². The highest BCUT2D eigenvalue weighted by atomic mass is 35.5. The van der Waals surface area contributed by atoms with Crippen molar-refractivity contribution in [3.05, 3.63) is 78.6 Å². The minimum Gasteiger partial charge on any atom is -0.340 e. The normalized spacial score (nSPS) is 10.3. The highest BCUT2D eigenvalue weighted by molar-refractivity contribution is 5.96. The molecule has 6 heteroatoms. The summed E-state index contributed by atoms with van der Waals surface area (Å²) < 4.78 is 0. The number of anilines is 2. The summed E-state index contributed by atoms with van der Waals surface area (Å²) in [5, 5.41) is 4.24. The van der Waals surface area contributed by atoms with Crippen LogP contribution in [0.1, 0.15) is 17.3 Å². The molecule has 0 aliphatic rings. The van der Waals surface area contributed by atoms with E-state index in [4.69, 9.17) is 4.98 Å². The van der Waals surface area contributed by atoms with Gasteiger partial charge in [0.1, 0.15) is 5.82 Å². The number of halogens is 1. The van der Waals surface area contributed by atoms with Crippen LogP contribution in [0.25, 0.3) is 22.3 Å². The Morgan fingerprint density at radius 3 is 2.59 bits per heavy atom. The van der Waals surface area contributed by atoms with Gasteiger partial charge in [-0.05, 0) is 43.3 Å². The van der Waals surface area contributed by atoms with Crippen LogP contribution < -0.4 is 5.32 Å². The lowest BCUT2D eigenvalue weighted by molar-refractivity contribution is 0.101. The molecule has 0 bridgehead atoms. The number of carbonyl (C=O) groups excluding carboxylic acids is 1. The third-order valence-electron chi connectivity index (χ3n) is 4.05. The summed E-state index contributed by atoms with van der Waals surface area (Å²) in [5.41, 5.74) is 3.14. The van der Waals surface area contributed by atoms with E-state index in [2.05, 4.69) is 15.3 Å². The van der Waals surface area contributed by atoms with E-state index in [1.807, 2.05) is 54.6 Å². The number of pyridine rings is 1. The van der Waals surface area contributed by atoms with E-state index in [0.717, 1.165) is 22.2 Å². The molecular formula is C21H17ClN4O. The number of carbonyl (C=O) groups is 1. The molecule has 0 atom stereocenters.